The van der Waals surface area contributed by atoms with E-state index in [9.17, 15) is 9.59 Å². The first-order valence-electron chi connectivity index (χ1n) is 6.16. The number of carbonyl (C=O) groups is 2. The molecule has 2 unspecified atom stereocenters. The monoisotopic (exact) mass is 281 g/mol. The molecule has 6 heteroatoms. The summed E-state index contributed by atoms with van der Waals surface area (Å²) in [5, 5.41) is 11.5. The van der Waals surface area contributed by atoms with Crippen molar-refractivity contribution in [1.29, 1.82) is 0 Å². The van der Waals surface area contributed by atoms with Crippen molar-refractivity contribution in [3.05, 3.63) is 23.8 Å². The molecule has 1 aromatic carbocycles. The first-order chi connectivity index (χ1) is 9.40. The fourth-order valence-electron chi connectivity index (χ4n) is 1.61. The largest absolute Gasteiger partial charge is 0.493 e. The van der Waals surface area contributed by atoms with E-state index in [0.717, 1.165) is 0 Å². The third kappa shape index (κ3) is 3.63. The Hall–Kier alpha value is -2.24. The van der Waals surface area contributed by atoms with E-state index in [4.69, 9.17) is 14.6 Å². The van der Waals surface area contributed by atoms with E-state index in [0.29, 0.717) is 17.1 Å². The minimum atomic E-state index is -0.954. The highest BCUT2D eigenvalue weighted by Crippen LogP contribution is 2.27. The second-order valence-electron chi connectivity index (χ2n) is 4.46. The normalized spacial score (nSPS) is 13.2. The van der Waals surface area contributed by atoms with Crippen molar-refractivity contribution in [3.63, 3.8) is 0 Å². The number of carboxylic acid groups (broad SMARTS) is 1. The van der Waals surface area contributed by atoms with E-state index in [1.807, 2.05) is 0 Å². The number of aliphatic carboxylic acids is 1. The molecule has 0 aromatic heterocycles. The first-order valence-corrected chi connectivity index (χ1v) is 6.16. The second-order valence-corrected chi connectivity index (χ2v) is 4.46. The van der Waals surface area contributed by atoms with Gasteiger partial charge in [0.05, 0.1) is 20.1 Å². The van der Waals surface area contributed by atoms with Crippen LogP contribution >= 0.6 is 0 Å². The lowest BCUT2D eigenvalue weighted by Gasteiger charge is -2.18. The summed E-state index contributed by atoms with van der Waals surface area (Å²) in [6.07, 6.45) is 0. The number of benzene rings is 1. The summed E-state index contributed by atoms with van der Waals surface area (Å²) >= 11 is 0. The molecule has 1 amide bonds. The van der Waals surface area contributed by atoms with Crippen LogP contribution in [0.15, 0.2) is 18.2 Å². The molecule has 1 rings (SSSR count). The number of nitrogens with one attached hydrogen (secondary N) is 1. The van der Waals surface area contributed by atoms with Crippen LogP contribution in [0, 0.1) is 5.92 Å². The molecule has 0 saturated carbocycles. The molecule has 0 saturated heterocycles. The van der Waals surface area contributed by atoms with E-state index < -0.39 is 17.9 Å². The van der Waals surface area contributed by atoms with Gasteiger partial charge in [-0.2, -0.15) is 0 Å². The maximum absolute atomic E-state index is 12.0. The molecule has 6 nitrogen and oxygen atoms in total. The van der Waals surface area contributed by atoms with Gasteiger partial charge in [-0.15, -0.1) is 0 Å². The van der Waals surface area contributed by atoms with Crippen LogP contribution in [-0.2, 0) is 4.79 Å². The third-order valence-electron chi connectivity index (χ3n) is 3.14. The van der Waals surface area contributed by atoms with Gasteiger partial charge in [-0.1, -0.05) is 0 Å². The summed E-state index contributed by atoms with van der Waals surface area (Å²) in [6, 6.07) is 4.29. The van der Waals surface area contributed by atoms with E-state index in [1.165, 1.54) is 14.2 Å². The van der Waals surface area contributed by atoms with Crippen molar-refractivity contribution in [1.82, 2.24) is 5.32 Å². The topological polar surface area (TPSA) is 84.9 Å². The van der Waals surface area contributed by atoms with Crippen molar-refractivity contribution >= 4 is 11.9 Å². The molecule has 0 bridgehead atoms. The standard InChI is InChI=1S/C14H19NO5/c1-8(14(17)18)9(2)15-13(16)10-5-6-11(19-3)12(7-10)20-4/h5-9H,1-4H3,(H,15,16)(H,17,18). The molecular formula is C14H19NO5. The Morgan fingerprint density at radius 1 is 1.15 bits per heavy atom. The smallest absolute Gasteiger partial charge is 0.308 e. The molecule has 110 valence electrons. The Labute approximate surface area is 117 Å². The average molecular weight is 281 g/mol. The molecule has 0 aliphatic heterocycles. The number of hydrogen-bond acceptors (Lipinski definition) is 4. The van der Waals surface area contributed by atoms with Crippen molar-refractivity contribution in [2.45, 2.75) is 19.9 Å². The summed E-state index contributed by atoms with van der Waals surface area (Å²) in [7, 11) is 2.99. The SMILES string of the molecule is COc1ccc(C(=O)NC(C)C(C)C(=O)O)cc1OC. The van der Waals surface area contributed by atoms with Gasteiger partial charge in [0, 0.05) is 11.6 Å². The first kappa shape index (κ1) is 15.8. The molecule has 0 aliphatic rings. The zero-order valence-corrected chi connectivity index (χ0v) is 12.0. The molecule has 20 heavy (non-hydrogen) atoms. The number of methoxy groups -OCH3 is 2. The highest BCUT2D eigenvalue weighted by atomic mass is 16.5. The average Bonchev–Trinajstić information content (AvgIpc) is 2.45. The predicted molar refractivity (Wildman–Crippen MR) is 73.3 cm³/mol. The number of amides is 1. The maximum Gasteiger partial charge on any atom is 0.308 e. The Morgan fingerprint density at radius 3 is 2.25 bits per heavy atom. The fourth-order valence-corrected chi connectivity index (χ4v) is 1.61. The van der Waals surface area contributed by atoms with Gasteiger partial charge >= 0.3 is 5.97 Å². The van der Waals surface area contributed by atoms with Crippen molar-refractivity contribution in [3.8, 4) is 11.5 Å². The van der Waals surface area contributed by atoms with Crippen LogP contribution in [0.2, 0.25) is 0 Å². The number of carboxylic acids is 1. The van der Waals surface area contributed by atoms with Crippen LogP contribution in [0.4, 0.5) is 0 Å². The van der Waals surface area contributed by atoms with Gasteiger partial charge in [0.15, 0.2) is 11.5 Å². The predicted octanol–water partition coefficient (Wildman–Crippen LogP) is 1.54. The van der Waals surface area contributed by atoms with Crippen molar-refractivity contribution in [2.75, 3.05) is 14.2 Å². The van der Waals surface area contributed by atoms with Gasteiger partial charge in [0.1, 0.15) is 0 Å². The quantitative estimate of drug-likeness (QED) is 0.826. The molecule has 1 aromatic rings. The lowest BCUT2D eigenvalue weighted by molar-refractivity contribution is -0.141. The van der Waals surface area contributed by atoms with E-state index >= 15 is 0 Å². The van der Waals surface area contributed by atoms with E-state index in [1.54, 1.807) is 32.0 Å². The molecule has 2 N–H and O–H groups in total. The molecule has 2 atom stereocenters. The number of ether oxygens (including phenoxy) is 2. The maximum atomic E-state index is 12.0. The van der Waals surface area contributed by atoms with Crippen LogP contribution in [-0.4, -0.2) is 37.2 Å². The summed E-state index contributed by atoms with van der Waals surface area (Å²) in [5.41, 5.74) is 0.382. The lowest BCUT2D eigenvalue weighted by atomic mass is 10.0. The molecular weight excluding hydrogens is 262 g/mol. The molecule has 0 radical (unpaired) electrons. The van der Waals surface area contributed by atoms with Gasteiger partial charge in [0.2, 0.25) is 0 Å². The van der Waals surface area contributed by atoms with Crippen molar-refractivity contribution in [2.24, 2.45) is 5.92 Å². The zero-order chi connectivity index (χ0) is 15.3. The van der Waals surface area contributed by atoms with Crippen LogP contribution in [0.3, 0.4) is 0 Å². The van der Waals surface area contributed by atoms with Crippen LogP contribution in [0.25, 0.3) is 0 Å². The number of rotatable bonds is 6. The second kappa shape index (κ2) is 6.79. The summed E-state index contributed by atoms with van der Waals surface area (Å²) in [4.78, 5) is 22.9. The van der Waals surface area contributed by atoms with E-state index in [2.05, 4.69) is 5.32 Å². The van der Waals surface area contributed by atoms with Gasteiger partial charge in [-0.3, -0.25) is 9.59 Å². The molecule has 0 aliphatic carbocycles. The lowest BCUT2D eigenvalue weighted by Crippen LogP contribution is -2.40. The highest BCUT2D eigenvalue weighted by molar-refractivity contribution is 5.95. The van der Waals surface area contributed by atoms with Gasteiger partial charge in [-0.25, -0.2) is 0 Å². The van der Waals surface area contributed by atoms with Crippen LogP contribution in [0.5, 0.6) is 11.5 Å². The summed E-state index contributed by atoms with van der Waals surface area (Å²) in [5.74, 6) is -1.01. The minimum Gasteiger partial charge on any atom is -0.493 e. The summed E-state index contributed by atoms with van der Waals surface area (Å²) < 4.78 is 10.2. The fraction of sp³-hybridized carbons (Fsp3) is 0.429. The van der Waals surface area contributed by atoms with Gasteiger partial charge in [-0.05, 0) is 32.0 Å². The summed E-state index contributed by atoms with van der Waals surface area (Å²) in [6.45, 7) is 3.19. The highest BCUT2D eigenvalue weighted by Gasteiger charge is 2.21. The van der Waals surface area contributed by atoms with E-state index in [-0.39, 0.29) is 5.91 Å². The molecule has 0 fully saturated rings. The molecule has 0 spiro atoms. The Balaban J connectivity index is 2.85. The zero-order valence-electron chi connectivity index (χ0n) is 12.0. The Bertz CT molecular complexity index is 500. The minimum absolute atomic E-state index is 0.355. The Kier molecular flexibility index (Phi) is 5.37. The third-order valence-corrected chi connectivity index (χ3v) is 3.14. The van der Waals surface area contributed by atoms with Crippen LogP contribution < -0.4 is 14.8 Å². The van der Waals surface area contributed by atoms with Gasteiger partial charge < -0.3 is 19.9 Å². The van der Waals surface area contributed by atoms with Crippen LogP contribution in [0.1, 0.15) is 24.2 Å². The Morgan fingerprint density at radius 2 is 1.75 bits per heavy atom. The van der Waals surface area contributed by atoms with Crippen molar-refractivity contribution < 1.29 is 24.2 Å². The number of hydrogen-bond donors (Lipinski definition) is 2. The van der Waals surface area contributed by atoms with Gasteiger partial charge in [0.25, 0.3) is 5.91 Å². The molecule has 0 heterocycles. The number of carbonyl (C=O) groups excluding carboxylic acids is 1.